The maximum absolute atomic E-state index is 13.4. The van der Waals surface area contributed by atoms with Crippen LogP contribution in [-0.4, -0.2) is 45.8 Å². The number of nitrogens with one attached hydrogen (secondary N) is 1. The highest BCUT2D eigenvalue weighted by Gasteiger charge is 2.21. The second-order valence-corrected chi connectivity index (χ2v) is 6.10. The molecular formula is C21H22FNO4. The number of rotatable bonds is 6. The molecule has 0 spiro atoms. The summed E-state index contributed by atoms with van der Waals surface area (Å²) in [5, 5.41) is 3.15. The summed E-state index contributed by atoms with van der Waals surface area (Å²) in [6.45, 7) is 1.69. The summed E-state index contributed by atoms with van der Waals surface area (Å²) in [5.41, 5.74) is 2.15. The van der Waals surface area contributed by atoms with Crippen molar-refractivity contribution < 1.29 is 23.4 Å². The van der Waals surface area contributed by atoms with Crippen LogP contribution in [-0.2, 0) is 9.53 Å². The second kappa shape index (κ2) is 8.79. The molecule has 0 saturated carbocycles. The summed E-state index contributed by atoms with van der Waals surface area (Å²) in [4.78, 5) is 12.7. The average Bonchev–Trinajstić information content (AvgIpc) is 2.72. The molecule has 0 amide bonds. The normalized spacial score (nSPS) is 17.4. The molecule has 1 aliphatic heterocycles. The molecule has 0 radical (unpaired) electrons. The summed E-state index contributed by atoms with van der Waals surface area (Å²) >= 11 is 0. The lowest BCUT2D eigenvalue weighted by atomic mass is 9.95. The van der Waals surface area contributed by atoms with Crippen molar-refractivity contribution in [1.82, 2.24) is 5.32 Å². The van der Waals surface area contributed by atoms with E-state index in [2.05, 4.69) is 5.32 Å². The fourth-order valence-electron chi connectivity index (χ4n) is 2.95. The zero-order valence-corrected chi connectivity index (χ0v) is 15.3. The zero-order valence-electron chi connectivity index (χ0n) is 15.3. The van der Waals surface area contributed by atoms with Crippen molar-refractivity contribution in [2.24, 2.45) is 0 Å². The molecule has 0 bridgehead atoms. The second-order valence-electron chi connectivity index (χ2n) is 6.10. The number of ether oxygens (including phenoxy) is 3. The Bertz CT molecular complexity index is 827. The minimum atomic E-state index is -0.533. The topological polar surface area (TPSA) is 56.8 Å². The average molecular weight is 371 g/mol. The monoisotopic (exact) mass is 371 g/mol. The number of hydrogen-bond donors (Lipinski definition) is 1. The van der Waals surface area contributed by atoms with Crippen molar-refractivity contribution in [2.75, 3.05) is 33.9 Å². The molecular weight excluding hydrogens is 349 g/mol. The molecule has 1 fully saturated rings. The van der Waals surface area contributed by atoms with Crippen LogP contribution in [0.1, 0.15) is 11.1 Å². The first kappa shape index (κ1) is 19.1. The number of carbonyl (C=O) groups is 1. The highest BCUT2D eigenvalue weighted by molar-refractivity contribution is 6.03. The molecule has 2 aromatic carbocycles. The van der Waals surface area contributed by atoms with Crippen LogP contribution in [0.2, 0.25) is 0 Å². The van der Waals surface area contributed by atoms with E-state index in [1.165, 1.54) is 12.1 Å². The smallest absolute Gasteiger partial charge is 0.186 e. The van der Waals surface area contributed by atoms with Crippen LogP contribution in [0.25, 0.3) is 5.57 Å². The third-order valence-corrected chi connectivity index (χ3v) is 4.38. The first-order valence-electron chi connectivity index (χ1n) is 8.68. The van der Waals surface area contributed by atoms with Gasteiger partial charge in [-0.05, 0) is 47.0 Å². The van der Waals surface area contributed by atoms with Gasteiger partial charge in [0.25, 0.3) is 0 Å². The number of benzene rings is 2. The van der Waals surface area contributed by atoms with Crippen LogP contribution >= 0.6 is 0 Å². The van der Waals surface area contributed by atoms with E-state index in [1.807, 2.05) is 6.07 Å². The van der Waals surface area contributed by atoms with Crippen LogP contribution < -0.4 is 14.8 Å². The van der Waals surface area contributed by atoms with Crippen molar-refractivity contribution in [2.45, 2.75) is 6.10 Å². The van der Waals surface area contributed by atoms with E-state index in [0.717, 1.165) is 17.7 Å². The van der Waals surface area contributed by atoms with E-state index in [0.29, 0.717) is 30.2 Å². The Morgan fingerprint density at radius 3 is 2.44 bits per heavy atom. The fourth-order valence-corrected chi connectivity index (χ4v) is 2.95. The van der Waals surface area contributed by atoms with Gasteiger partial charge >= 0.3 is 0 Å². The molecule has 6 heteroatoms. The minimum absolute atomic E-state index is 0.142. The van der Waals surface area contributed by atoms with Gasteiger partial charge in [0, 0.05) is 13.1 Å². The Labute approximate surface area is 157 Å². The standard InChI is InChI=1S/C21H22FNO4/c1-25-19-8-5-15(11-20(19)26-2)17(14-3-6-16(22)7-4-14)12-18(24)21-13-23-9-10-27-21/h3-8,11-12,21,23H,9-10,13H2,1-2H3/b17-12-. The summed E-state index contributed by atoms with van der Waals surface area (Å²) in [6.07, 6.45) is 1.01. The van der Waals surface area contributed by atoms with Crippen LogP contribution in [0.3, 0.4) is 0 Å². The molecule has 1 heterocycles. The van der Waals surface area contributed by atoms with Crippen LogP contribution in [0.15, 0.2) is 48.5 Å². The van der Waals surface area contributed by atoms with E-state index in [9.17, 15) is 9.18 Å². The molecule has 1 atom stereocenters. The molecule has 0 aromatic heterocycles. The Balaban J connectivity index is 2.03. The Kier molecular flexibility index (Phi) is 6.21. The summed E-state index contributed by atoms with van der Waals surface area (Å²) < 4.78 is 29.6. The van der Waals surface area contributed by atoms with Gasteiger partial charge in [0.2, 0.25) is 0 Å². The molecule has 1 unspecified atom stereocenters. The summed E-state index contributed by atoms with van der Waals surface area (Å²) in [6, 6.07) is 11.4. The molecule has 5 nitrogen and oxygen atoms in total. The summed E-state index contributed by atoms with van der Waals surface area (Å²) in [5.74, 6) is 0.657. The van der Waals surface area contributed by atoms with Gasteiger partial charge in [-0.2, -0.15) is 0 Å². The van der Waals surface area contributed by atoms with Crippen LogP contribution in [0, 0.1) is 5.82 Å². The summed E-state index contributed by atoms with van der Waals surface area (Å²) in [7, 11) is 3.11. The predicted molar refractivity (Wildman–Crippen MR) is 101 cm³/mol. The number of halogens is 1. The van der Waals surface area contributed by atoms with Gasteiger partial charge in [0.05, 0.1) is 20.8 Å². The zero-order chi connectivity index (χ0) is 19.2. The van der Waals surface area contributed by atoms with E-state index in [4.69, 9.17) is 14.2 Å². The lowest BCUT2D eigenvalue weighted by Crippen LogP contribution is -2.42. The highest BCUT2D eigenvalue weighted by atomic mass is 19.1. The molecule has 1 aliphatic rings. The third-order valence-electron chi connectivity index (χ3n) is 4.38. The van der Waals surface area contributed by atoms with E-state index in [-0.39, 0.29) is 11.6 Å². The number of methoxy groups -OCH3 is 2. The number of morpholine rings is 1. The number of carbonyl (C=O) groups excluding carboxylic acids is 1. The van der Waals surface area contributed by atoms with Crippen molar-refractivity contribution in [3.63, 3.8) is 0 Å². The van der Waals surface area contributed by atoms with Crippen LogP contribution in [0.5, 0.6) is 11.5 Å². The molecule has 1 saturated heterocycles. The fraction of sp³-hybridized carbons (Fsp3) is 0.286. The SMILES string of the molecule is COc1ccc(/C(=C\C(=O)C2CNCCO2)c2ccc(F)cc2)cc1OC. The van der Waals surface area contributed by atoms with Gasteiger partial charge in [-0.1, -0.05) is 18.2 Å². The van der Waals surface area contributed by atoms with Gasteiger partial charge in [-0.25, -0.2) is 4.39 Å². The Hall–Kier alpha value is -2.70. The van der Waals surface area contributed by atoms with E-state index < -0.39 is 6.10 Å². The van der Waals surface area contributed by atoms with Gasteiger partial charge in [-0.3, -0.25) is 4.79 Å². The molecule has 3 rings (SSSR count). The minimum Gasteiger partial charge on any atom is -0.493 e. The predicted octanol–water partition coefficient (Wildman–Crippen LogP) is 2.83. The maximum Gasteiger partial charge on any atom is 0.186 e. The van der Waals surface area contributed by atoms with Crippen molar-refractivity contribution in [1.29, 1.82) is 0 Å². The van der Waals surface area contributed by atoms with Gasteiger partial charge in [0.15, 0.2) is 17.3 Å². The lowest BCUT2D eigenvalue weighted by Gasteiger charge is -2.22. The first-order chi connectivity index (χ1) is 13.1. The van der Waals surface area contributed by atoms with Gasteiger partial charge in [0.1, 0.15) is 11.9 Å². The third kappa shape index (κ3) is 4.53. The quantitative estimate of drug-likeness (QED) is 0.792. The van der Waals surface area contributed by atoms with E-state index in [1.54, 1.807) is 44.6 Å². The van der Waals surface area contributed by atoms with E-state index >= 15 is 0 Å². The number of ketones is 1. The molecule has 2 aromatic rings. The molecule has 1 N–H and O–H groups in total. The maximum atomic E-state index is 13.4. The highest BCUT2D eigenvalue weighted by Crippen LogP contribution is 2.33. The van der Waals surface area contributed by atoms with Crippen molar-refractivity contribution >= 4 is 11.4 Å². The lowest BCUT2D eigenvalue weighted by molar-refractivity contribution is -0.126. The Morgan fingerprint density at radius 2 is 1.81 bits per heavy atom. The Morgan fingerprint density at radius 1 is 1.11 bits per heavy atom. The molecule has 27 heavy (non-hydrogen) atoms. The largest absolute Gasteiger partial charge is 0.493 e. The van der Waals surface area contributed by atoms with Gasteiger partial charge < -0.3 is 19.5 Å². The van der Waals surface area contributed by atoms with Crippen LogP contribution in [0.4, 0.5) is 4.39 Å². The molecule has 0 aliphatic carbocycles. The number of hydrogen-bond acceptors (Lipinski definition) is 5. The van der Waals surface area contributed by atoms with Crippen molar-refractivity contribution in [3.8, 4) is 11.5 Å². The first-order valence-corrected chi connectivity index (χ1v) is 8.68. The van der Waals surface area contributed by atoms with Crippen molar-refractivity contribution in [3.05, 3.63) is 65.5 Å². The molecule has 142 valence electrons. The van der Waals surface area contributed by atoms with Gasteiger partial charge in [-0.15, -0.1) is 0 Å².